The highest BCUT2D eigenvalue weighted by Crippen LogP contribution is 2.49. The van der Waals surface area contributed by atoms with Crippen molar-refractivity contribution in [3.05, 3.63) is 65.2 Å². The van der Waals surface area contributed by atoms with Crippen LogP contribution in [0.25, 0.3) is 0 Å². The molecule has 1 heterocycles. The number of hydrogen-bond acceptors (Lipinski definition) is 5. The summed E-state index contributed by atoms with van der Waals surface area (Å²) in [4.78, 5) is 14.4. The monoisotopic (exact) mass is 521 g/mol. The second-order valence-electron chi connectivity index (χ2n) is 12.6. The van der Waals surface area contributed by atoms with Crippen LogP contribution in [0.5, 0.6) is 5.75 Å². The van der Waals surface area contributed by atoms with Gasteiger partial charge in [-0.3, -0.25) is 0 Å². The predicted octanol–water partition coefficient (Wildman–Crippen LogP) is 6.42. The fourth-order valence-corrected chi connectivity index (χ4v) is 6.00. The van der Waals surface area contributed by atoms with Crippen LogP contribution in [-0.2, 0) is 11.3 Å². The molecule has 0 radical (unpaired) electrons. The molecule has 2 aromatic rings. The number of methoxy groups -OCH3 is 1. The topological polar surface area (TPSA) is 62.8 Å². The molecule has 0 unspecified atom stereocenters. The first-order chi connectivity index (χ1) is 18.1. The summed E-state index contributed by atoms with van der Waals surface area (Å²) in [7, 11) is 1.70. The van der Waals surface area contributed by atoms with E-state index in [-0.39, 0.29) is 12.1 Å². The van der Waals surface area contributed by atoms with Gasteiger partial charge in [0.2, 0.25) is 0 Å². The number of piperidine rings is 1. The average Bonchev–Trinajstić information content (AvgIpc) is 2.86. The summed E-state index contributed by atoms with van der Waals surface area (Å²) < 4.78 is 10.9. The number of rotatable bonds is 9. The molecule has 1 aliphatic heterocycles. The third kappa shape index (κ3) is 7.29. The molecular weight excluding hydrogens is 474 g/mol. The largest absolute Gasteiger partial charge is 0.497 e. The summed E-state index contributed by atoms with van der Waals surface area (Å²) in [5.74, 6) is 1.36. The zero-order valence-corrected chi connectivity index (χ0v) is 24.2. The van der Waals surface area contributed by atoms with Crippen LogP contribution in [0.1, 0.15) is 89.0 Å². The van der Waals surface area contributed by atoms with Crippen molar-refractivity contribution in [1.82, 2.24) is 15.5 Å². The Morgan fingerprint density at radius 2 is 1.66 bits per heavy atom. The van der Waals surface area contributed by atoms with Gasteiger partial charge in [0.1, 0.15) is 11.4 Å². The lowest BCUT2D eigenvalue weighted by Crippen LogP contribution is -2.56. The van der Waals surface area contributed by atoms with Crippen molar-refractivity contribution < 1.29 is 14.3 Å². The summed E-state index contributed by atoms with van der Waals surface area (Å²) in [5, 5.41) is 7.72. The van der Waals surface area contributed by atoms with E-state index in [2.05, 4.69) is 60.9 Å². The number of benzene rings is 2. The summed E-state index contributed by atoms with van der Waals surface area (Å²) in [5.41, 5.74) is 3.97. The van der Waals surface area contributed by atoms with Gasteiger partial charge in [0.05, 0.1) is 7.11 Å². The SMILES string of the molecule is COc1ccc(CNC[C@H](NC2CC3(CCN(C(=O)OC(C)(C)C)CC3)C2)c2ccccc2C(C)C)cc1. The molecule has 6 heteroatoms. The van der Waals surface area contributed by atoms with E-state index in [1.807, 2.05) is 37.8 Å². The Hall–Kier alpha value is -2.57. The predicted molar refractivity (Wildman–Crippen MR) is 154 cm³/mol. The first kappa shape index (κ1) is 28.4. The van der Waals surface area contributed by atoms with E-state index >= 15 is 0 Å². The van der Waals surface area contributed by atoms with Crippen molar-refractivity contribution in [1.29, 1.82) is 0 Å². The fraction of sp³-hybridized carbons (Fsp3) is 0.594. The van der Waals surface area contributed by atoms with Gasteiger partial charge in [0, 0.05) is 38.3 Å². The Morgan fingerprint density at radius 3 is 2.24 bits per heavy atom. The van der Waals surface area contributed by atoms with Crippen molar-refractivity contribution in [3.63, 3.8) is 0 Å². The minimum atomic E-state index is -0.444. The number of likely N-dealkylation sites (tertiary alicyclic amines) is 1. The smallest absolute Gasteiger partial charge is 0.410 e. The van der Waals surface area contributed by atoms with Crippen LogP contribution in [0.2, 0.25) is 0 Å². The lowest BCUT2D eigenvalue weighted by Gasteiger charge is -2.53. The number of amides is 1. The van der Waals surface area contributed by atoms with E-state index in [1.54, 1.807) is 7.11 Å². The quantitative estimate of drug-likeness (QED) is 0.399. The van der Waals surface area contributed by atoms with Crippen LogP contribution >= 0.6 is 0 Å². The molecule has 1 spiro atoms. The standard InChI is InChI=1S/C32H47N3O3/c1-23(2)27-9-7-8-10-28(27)29(22-33-21-24-11-13-26(37-6)14-12-24)34-25-19-32(20-25)15-17-35(18-16-32)30(36)38-31(3,4)5/h7-14,23,25,29,33-34H,15-22H2,1-6H3/t29-/m0/s1. The van der Waals surface area contributed by atoms with E-state index in [1.165, 1.54) is 29.5 Å². The molecule has 2 aromatic carbocycles. The Balaban J connectivity index is 1.35. The van der Waals surface area contributed by atoms with Gasteiger partial charge in [-0.05, 0) is 86.6 Å². The molecule has 0 aromatic heterocycles. The van der Waals surface area contributed by atoms with Crippen LogP contribution in [0.3, 0.4) is 0 Å². The molecule has 4 rings (SSSR count). The Morgan fingerprint density at radius 1 is 1.03 bits per heavy atom. The Bertz CT molecular complexity index is 1040. The Kier molecular flexibility index (Phi) is 9.04. The highest BCUT2D eigenvalue weighted by Gasteiger charge is 2.47. The molecule has 208 valence electrons. The fourth-order valence-electron chi connectivity index (χ4n) is 6.00. The molecule has 1 aliphatic carbocycles. The number of nitrogens with one attached hydrogen (secondary N) is 2. The molecule has 38 heavy (non-hydrogen) atoms. The van der Waals surface area contributed by atoms with Gasteiger partial charge in [-0.1, -0.05) is 50.2 Å². The van der Waals surface area contributed by atoms with Gasteiger partial charge in [-0.2, -0.15) is 0 Å². The molecule has 1 saturated carbocycles. The maximum atomic E-state index is 12.5. The molecule has 1 atom stereocenters. The van der Waals surface area contributed by atoms with E-state index in [0.29, 0.717) is 17.4 Å². The van der Waals surface area contributed by atoms with Crippen molar-refractivity contribution in [2.24, 2.45) is 5.41 Å². The molecule has 1 saturated heterocycles. The van der Waals surface area contributed by atoms with E-state index in [4.69, 9.17) is 9.47 Å². The zero-order valence-electron chi connectivity index (χ0n) is 24.2. The summed E-state index contributed by atoms with van der Waals surface area (Å²) in [6, 6.07) is 17.9. The number of nitrogens with zero attached hydrogens (tertiary/aromatic N) is 1. The number of carbonyl (C=O) groups excluding carboxylic acids is 1. The normalized spacial score (nSPS) is 18.3. The maximum Gasteiger partial charge on any atom is 0.410 e. The first-order valence-electron chi connectivity index (χ1n) is 14.2. The summed E-state index contributed by atoms with van der Waals surface area (Å²) in [6.07, 6.45) is 4.30. The molecule has 2 fully saturated rings. The lowest BCUT2D eigenvalue weighted by molar-refractivity contribution is -0.0179. The van der Waals surface area contributed by atoms with Crippen molar-refractivity contribution >= 4 is 6.09 Å². The highest BCUT2D eigenvalue weighted by molar-refractivity contribution is 5.68. The Labute approximate surface area is 229 Å². The minimum Gasteiger partial charge on any atom is -0.497 e. The highest BCUT2D eigenvalue weighted by atomic mass is 16.6. The van der Waals surface area contributed by atoms with Gasteiger partial charge in [0.25, 0.3) is 0 Å². The average molecular weight is 522 g/mol. The third-order valence-corrected chi connectivity index (χ3v) is 8.10. The summed E-state index contributed by atoms with van der Waals surface area (Å²) >= 11 is 0. The van der Waals surface area contributed by atoms with Crippen molar-refractivity contribution in [2.75, 3.05) is 26.7 Å². The minimum absolute atomic E-state index is 0.172. The summed E-state index contributed by atoms with van der Waals surface area (Å²) in [6.45, 7) is 13.6. The van der Waals surface area contributed by atoms with Gasteiger partial charge in [0.15, 0.2) is 0 Å². The molecule has 2 N–H and O–H groups in total. The van der Waals surface area contributed by atoms with Gasteiger partial charge in [-0.15, -0.1) is 0 Å². The van der Waals surface area contributed by atoms with Gasteiger partial charge >= 0.3 is 6.09 Å². The van der Waals surface area contributed by atoms with Crippen LogP contribution in [0.4, 0.5) is 4.79 Å². The van der Waals surface area contributed by atoms with Crippen molar-refractivity contribution in [2.45, 2.75) is 90.4 Å². The lowest BCUT2D eigenvalue weighted by atomic mass is 9.60. The maximum absolute atomic E-state index is 12.5. The van der Waals surface area contributed by atoms with E-state index in [9.17, 15) is 4.79 Å². The van der Waals surface area contributed by atoms with Crippen LogP contribution < -0.4 is 15.4 Å². The van der Waals surface area contributed by atoms with Gasteiger partial charge in [-0.25, -0.2) is 4.79 Å². The number of hydrogen-bond donors (Lipinski definition) is 2. The van der Waals surface area contributed by atoms with Crippen LogP contribution in [0.15, 0.2) is 48.5 Å². The van der Waals surface area contributed by atoms with E-state index < -0.39 is 5.60 Å². The van der Waals surface area contributed by atoms with Crippen molar-refractivity contribution in [3.8, 4) is 5.75 Å². The van der Waals surface area contributed by atoms with E-state index in [0.717, 1.165) is 44.8 Å². The molecule has 6 nitrogen and oxygen atoms in total. The second kappa shape index (κ2) is 12.1. The number of ether oxygens (including phenoxy) is 2. The van der Waals surface area contributed by atoms with Gasteiger partial charge < -0.3 is 25.0 Å². The zero-order chi connectivity index (χ0) is 27.3. The molecule has 1 amide bonds. The molecular formula is C32H47N3O3. The molecule has 0 bridgehead atoms. The third-order valence-electron chi connectivity index (χ3n) is 8.10. The molecule has 2 aliphatic rings. The number of carbonyl (C=O) groups is 1. The second-order valence-corrected chi connectivity index (χ2v) is 12.6. The van der Waals surface area contributed by atoms with Crippen LogP contribution in [-0.4, -0.2) is 49.4 Å². The van der Waals surface area contributed by atoms with Crippen LogP contribution in [0, 0.1) is 5.41 Å². The first-order valence-corrected chi connectivity index (χ1v) is 14.2.